The number of anilines is 2. The van der Waals surface area contributed by atoms with Crippen molar-refractivity contribution < 1.29 is 4.79 Å². The molecule has 2 rings (SSSR count). The zero-order valence-corrected chi connectivity index (χ0v) is 11.2. The minimum Gasteiger partial charge on any atom is -0.356 e. The number of nitrogens with one attached hydrogen (secondary N) is 1. The monoisotopic (exact) mass is 282 g/mol. The zero-order chi connectivity index (χ0) is 11.9. The normalized spacial score (nSPS) is 19.7. The first kappa shape index (κ1) is 11.5. The summed E-state index contributed by atoms with van der Waals surface area (Å²) in [5.41, 5.74) is 1.95. The second-order valence-corrected chi connectivity index (χ2v) is 5.15. The van der Waals surface area contributed by atoms with E-state index in [-0.39, 0.29) is 11.9 Å². The van der Waals surface area contributed by atoms with Crippen molar-refractivity contribution in [3.63, 3.8) is 0 Å². The molecule has 1 aliphatic rings. The van der Waals surface area contributed by atoms with E-state index in [0.717, 1.165) is 15.8 Å². The molecule has 0 aromatic heterocycles. The SMILES string of the molecule is CC(C)N1c2cccc(Br)c2NC(=O)C1C. The highest BCUT2D eigenvalue weighted by atomic mass is 79.9. The molecular formula is C12H15BrN2O. The van der Waals surface area contributed by atoms with E-state index in [1.54, 1.807) is 0 Å². The van der Waals surface area contributed by atoms with Crippen molar-refractivity contribution in [3.8, 4) is 0 Å². The molecule has 0 saturated heterocycles. The Hall–Kier alpha value is -1.03. The summed E-state index contributed by atoms with van der Waals surface area (Å²) in [6.07, 6.45) is 0. The summed E-state index contributed by atoms with van der Waals surface area (Å²) < 4.78 is 0.927. The van der Waals surface area contributed by atoms with Gasteiger partial charge in [0.15, 0.2) is 0 Å². The predicted molar refractivity (Wildman–Crippen MR) is 69.8 cm³/mol. The molecule has 1 aromatic rings. The second kappa shape index (κ2) is 4.09. The van der Waals surface area contributed by atoms with E-state index in [4.69, 9.17) is 0 Å². The van der Waals surface area contributed by atoms with Gasteiger partial charge in [0, 0.05) is 10.5 Å². The summed E-state index contributed by atoms with van der Waals surface area (Å²) in [5, 5.41) is 2.94. The van der Waals surface area contributed by atoms with Gasteiger partial charge in [-0.2, -0.15) is 0 Å². The van der Waals surface area contributed by atoms with Gasteiger partial charge < -0.3 is 10.2 Å². The molecule has 0 aliphatic carbocycles. The Labute approximate surface area is 104 Å². The van der Waals surface area contributed by atoms with Crippen LogP contribution in [0.2, 0.25) is 0 Å². The van der Waals surface area contributed by atoms with Gasteiger partial charge in [-0.1, -0.05) is 6.07 Å². The van der Waals surface area contributed by atoms with Gasteiger partial charge in [0.1, 0.15) is 6.04 Å². The molecule has 1 aliphatic heterocycles. The highest BCUT2D eigenvalue weighted by Crippen LogP contribution is 2.38. The van der Waals surface area contributed by atoms with E-state index in [1.807, 2.05) is 25.1 Å². The summed E-state index contributed by atoms with van der Waals surface area (Å²) in [4.78, 5) is 14.0. The van der Waals surface area contributed by atoms with Crippen LogP contribution in [-0.2, 0) is 4.79 Å². The van der Waals surface area contributed by atoms with Crippen LogP contribution in [0.4, 0.5) is 11.4 Å². The number of fused-ring (bicyclic) bond motifs is 1. The van der Waals surface area contributed by atoms with Crippen LogP contribution in [0.1, 0.15) is 20.8 Å². The highest BCUT2D eigenvalue weighted by molar-refractivity contribution is 9.10. The summed E-state index contributed by atoms with van der Waals surface area (Å²) in [7, 11) is 0. The molecule has 0 fully saturated rings. The van der Waals surface area contributed by atoms with Crippen molar-refractivity contribution in [2.45, 2.75) is 32.9 Å². The van der Waals surface area contributed by atoms with Gasteiger partial charge in [0.05, 0.1) is 11.4 Å². The number of carbonyl (C=O) groups excluding carboxylic acids is 1. The lowest BCUT2D eigenvalue weighted by molar-refractivity contribution is -0.117. The van der Waals surface area contributed by atoms with Crippen LogP contribution in [-0.4, -0.2) is 18.0 Å². The third-order valence-corrected chi connectivity index (χ3v) is 3.53. The van der Waals surface area contributed by atoms with E-state index < -0.39 is 0 Å². The van der Waals surface area contributed by atoms with Crippen LogP contribution in [0.25, 0.3) is 0 Å². The Morgan fingerprint density at radius 2 is 2.12 bits per heavy atom. The second-order valence-electron chi connectivity index (χ2n) is 4.30. The number of halogens is 1. The quantitative estimate of drug-likeness (QED) is 0.859. The van der Waals surface area contributed by atoms with E-state index in [1.165, 1.54) is 0 Å². The molecule has 0 spiro atoms. The summed E-state index contributed by atoms with van der Waals surface area (Å²) in [5.74, 6) is 0.0492. The van der Waals surface area contributed by atoms with Crippen molar-refractivity contribution in [2.24, 2.45) is 0 Å². The third-order valence-electron chi connectivity index (χ3n) is 2.87. The molecule has 4 heteroatoms. The Kier molecular flexibility index (Phi) is 2.93. The van der Waals surface area contributed by atoms with Gasteiger partial charge in [-0.05, 0) is 48.8 Å². The first-order valence-corrected chi connectivity index (χ1v) is 6.19. The number of carbonyl (C=O) groups is 1. The van der Waals surface area contributed by atoms with Gasteiger partial charge in [0.25, 0.3) is 0 Å². The van der Waals surface area contributed by atoms with Crippen molar-refractivity contribution >= 4 is 33.2 Å². The summed E-state index contributed by atoms with van der Waals surface area (Å²) >= 11 is 3.46. The number of amides is 1. The van der Waals surface area contributed by atoms with E-state index in [0.29, 0.717) is 6.04 Å². The molecular weight excluding hydrogens is 268 g/mol. The zero-order valence-electron chi connectivity index (χ0n) is 9.62. The number of benzene rings is 1. The Morgan fingerprint density at radius 1 is 1.44 bits per heavy atom. The maximum atomic E-state index is 11.9. The van der Waals surface area contributed by atoms with Crippen LogP contribution in [0.15, 0.2) is 22.7 Å². The van der Waals surface area contributed by atoms with E-state index in [9.17, 15) is 4.79 Å². The van der Waals surface area contributed by atoms with Crippen molar-refractivity contribution in [1.82, 2.24) is 0 Å². The minimum absolute atomic E-state index is 0.0492. The van der Waals surface area contributed by atoms with E-state index >= 15 is 0 Å². The number of hydrogen-bond acceptors (Lipinski definition) is 2. The third kappa shape index (κ3) is 1.71. The minimum atomic E-state index is -0.123. The number of hydrogen-bond donors (Lipinski definition) is 1. The molecule has 1 heterocycles. The predicted octanol–water partition coefficient (Wildman–Crippen LogP) is 3.00. The number of rotatable bonds is 1. The fourth-order valence-electron chi connectivity index (χ4n) is 2.14. The Balaban J connectivity index is 2.56. The highest BCUT2D eigenvalue weighted by Gasteiger charge is 2.31. The lowest BCUT2D eigenvalue weighted by atomic mass is 10.1. The van der Waals surface area contributed by atoms with Crippen molar-refractivity contribution in [1.29, 1.82) is 0 Å². The van der Waals surface area contributed by atoms with Crippen LogP contribution >= 0.6 is 15.9 Å². The summed E-state index contributed by atoms with van der Waals surface area (Å²) in [6.45, 7) is 6.12. The van der Waals surface area contributed by atoms with Crippen molar-refractivity contribution in [3.05, 3.63) is 22.7 Å². The first-order valence-electron chi connectivity index (χ1n) is 5.40. The van der Waals surface area contributed by atoms with E-state index in [2.05, 4.69) is 40.0 Å². The number of para-hydroxylation sites is 1. The molecule has 16 heavy (non-hydrogen) atoms. The molecule has 1 amide bonds. The van der Waals surface area contributed by atoms with Crippen LogP contribution in [0.5, 0.6) is 0 Å². The van der Waals surface area contributed by atoms with Crippen LogP contribution < -0.4 is 10.2 Å². The Bertz CT molecular complexity index is 431. The molecule has 0 radical (unpaired) electrons. The molecule has 86 valence electrons. The Morgan fingerprint density at radius 3 is 2.75 bits per heavy atom. The standard InChI is InChI=1S/C12H15BrN2O/c1-7(2)15-8(3)12(16)14-11-9(13)5-4-6-10(11)15/h4-8H,1-3H3,(H,14,16). The molecule has 1 atom stereocenters. The average molecular weight is 283 g/mol. The van der Waals surface area contributed by atoms with Crippen LogP contribution in [0, 0.1) is 0 Å². The molecule has 3 nitrogen and oxygen atoms in total. The molecule has 0 saturated carbocycles. The average Bonchev–Trinajstić information content (AvgIpc) is 2.21. The molecule has 1 unspecified atom stereocenters. The lowest BCUT2D eigenvalue weighted by Crippen LogP contribution is -2.49. The molecule has 1 aromatic carbocycles. The van der Waals surface area contributed by atoms with Gasteiger partial charge in [-0.3, -0.25) is 4.79 Å². The van der Waals surface area contributed by atoms with Gasteiger partial charge in [-0.15, -0.1) is 0 Å². The van der Waals surface area contributed by atoms with Crippen LogP contribution in [0.3, 0.4) is 0 Å². The van der Waals surface area contributed by atoms with Gasteiger partial charge >= 0.3 is 0 Å². The summed E-state index contributed by atoms with van der Waals surface area (Å²) in [6, 6.07) is 6.14. The van der Waals surface area contributed by atoms with Gasteiger partial charge in [-0.25, -0.2) is 0 Å². The van der Waals surface area contributed by atoms with Gasteiger partial charge in [0.2, 0.25) is 5.91 Å². The topological polar surface area (TPSA) is 32.3 Å². The van der Waals surface area contributed by atoms with Crippen molar-refractivity contribution in [2.75, 3.05) is 10.2 Å². The lowest BCUT2D eigenvalue weighted by Gasteiger charge is -2.39. The molecule has 0 bridgehead atoms. The maximum absolute atomic E-state index is 11.9. The largest absolute Gasteiger partial charge is 0.356 e. The first-order chi connectivity index (χ1) is 7.52. The smallest absolute Gasteiger partial charge is 0.246 e. The molecule has 1 N–H and O–H groups in total. The fraction of sp³-hybridized carbons (Fsp3) is 0.417. The number of nitrogens with zero attached hydrogens (tertiary/aromatic N) is 1. The maximum Gasteiger partial charge on any atom is 0.246 e. The fourth-order valence-corrected chi connectivity index (χ4v) is 2.59.